The van der Waals surface area contributed by atoms with Gasteiger partial charge in [0.05, 0.1) is 23.7 Å². The second kappa shape index (κ2) is 9.73. The Morgan fingerprint density at radius 2 is 1.73 bits per heavy atom. The molecule has 33 heavy (non-hydrogen) atoms. The van der Waals surface area contributed by atoms with E-state index >= 15 is 0 Å². The second-order valence-electron chi connectivity index (χ2n) is 7.14. The molecule has 0 saturated carbocycles. The number of hydrogen-bond acceptors (Lipinski definition) is 8. The Labute approximate surface area is 189 Å². The topological polar surface area (TPSA) is 120 Å². The van der Waals surface area contributed by atoms with Gasteiger partial charge < -0.3 is 24.3 Å². The van der Waals surface area contributed by atoms with Gasteiger partial charge in [-0.2, -0.15) is 4.31 Å². The van der Waals surface area contributed by atoms with E-state index in [9.17, 15) is 22.4 Å². The van der Waals surface area contributed by atoms with Crippen molar-refractivity contribution >= 4 is 27.6 Å². The summed E-state index contributed by atoms with van der Waals surface area (Å²) >= 11 is 0. The van der Waals surface area contributed by atoms with Crippen LogP contribution in [-0.2, 0) is 24.3 Å². The van der Waals surface area contributed by atoms with E-state index < -0.39 is 39.9 Å². The van der Waals surface area contributed by atoms with Crippen molar-refractivity contribution in [2.24, 2.45) is 0 Å². The number of nitrogens with zero attached hydrogens (tertiary/aromatic N) is 1. The molecule has 2 aromatic rings. The third-order valence-corrected chi connectivity index (χ3v) is 6.82. The lowest BCUT2D eigenvalue weighted by Crippen LogP contribution is -2.40. The number of ether oxygens (including phenoxy) is 4. The molecule has 2 aliphatic heterocycles. The summed E-state index contributed by atoms with van der Waals surface area (Å²) in [6.45, 7) is 0.905. The SMILES string of the molecule is O=C(COC(=O)c1cc(S(=O)(=O)N2CCOCC2)ccc1F)Nc1ccc2c(c1)OCCO2. The zero-order chi connectivity index (χ0) is 23.4. The zero-order valence-corrected chi connectivity index (χ0v) is 18.2. The summed E-state index contributed by atoms with van der Waals surface area (Å²) in [5, 5.41) is 2.53. The van der Waals surface area contributed by atoms with Gasteiger partial charge in [0.1, 0.15) is 19.0 Å². The molecule has 2 heterocycles. The van der Waals surface area contributed by atoms with Gasteiger partial charge in [-0.1, -0.05) is 0 Å². The molecule has 0 spiro atoms. The third kappa shape index (κ3) is 5.24. The second-order valence-corrected chi connectivity index (χ2v) is 9.08. The molecule has 0 atom stereocenters. The summed E-state index contributed by atoms with van der Waals surface area (Å²) in [6, 6.07) is 7.64. The number of fused-ring (bicyclic) bond motifs is 1. The molecule has 2 aliphatic rings. The van der Waals surface area contributed by atoms with Crippen molar-refractivity contribution in [1.29, 1.82) is 0 Å². The minimum Gasteiger partial charge on any atom is -0.486 e. The highest BCUT2D eigenvalue weighted by Crippen LogP contribution is 2.32. The van der Waals surface area contributed by atoms with Crippen molar-refractivity contribution in [2.45, 2.75) is 4.90 Å². The van der Waals surface area contributed by atoms with E-state index in [-0.39, 0.29) is 31.2 Å². The first-order chi connectivity index (χ1) is 15.8. The maximum absolute atomic E-state index is 14.2. The first-order valence-corrected chi connectivity index (χ1v) is 11.5. The van der Waals surface area contributed by atoms with E-state index in [1.54, 1.807) is 18.2 Å². The van der Waals surface area contributed by atoms with Crippen LogP contribution in [0.4, 0.5) is 10.1 Å². The van der Waals surface area contributed by atoms with Gasteiger partial charge in [-0.3, -0.25) is 4.79 Å². The van der Waals surface area contributed by atoms with Gasteiger partial charge in [0, 0.05) is 24.8 Å². The smallest absolute Gasteiger partial charge is 0.341 e. The van der Waals surface area contributed by atoms with Gasteiger partial charge >= 0.3 is 5.97 Å². The molecule has 1 fully saturated rings. The Balaban J connectivity index is 1.40. The molecule has 2 aromatic carbocycles. The average Bonchev–Trinajstić information content (AvgIpc) is 2.83. The summed E-state index contributed by atoms with van der Waals surface area (Å²) in [4.78, 5) is 24.3. The fraction of sp³-hybridized carbons (Fsp3) is 0.333. The normalized spacial score (nSPS) is 16.2. The molecule has 1 saturated heterocycles. The van der Waals surface area contributed by atoms with E-state index in [0.29, 0.717) is 30.4 Å². The van der Waals surface area contributed by atoms with Crippen molar-refractivity contribution in [3.05, 3.63) is 47.8 Å². The molecule has 10 nitrogen and oxygen atoms in total. The molecule has 4 rings (SSSR count). The van der Waals surface area contributed by atoms with Crippen LogP contribution in [0.25, 0.3) is 0 Å². The van der Waals surface area contributed by atoms with E-state index in [4.69, 9.17) is 18.9 Å². The molecule has 0 radical (unpaired) electrons. The van der Waals surface area contributed by atoms with Crippen LogP contribution in [0.5, 0.6) is 11.5 Å². The Hall–Kier alpha value is -3.22. The van der Waals surface area contributed by atoms with E-state index in [1.807, 2.05) is 0 Å². The molecule has 1 amide bonds. The number of esters is 1. The molecule has 0 aromatic heterocycles. The van der Waals surface area contributed by atoms with Crippen molar-refractivity contribution in [3.8, 4) is 11.5 Å². The summed E-state index contributed by atoms with van der Waals surface area (Å²) in [7, 11) is -3.94. The van der Waals surface area contributed by atoms with Gasteiger partial charge in [0.2, 0.25) is 10.0 Å². The van der Waals surface area contributed by atoms with Gasteiger partial charge in [-0.25, -0.2) is 17.6 Å². The predicted molar refractivity (Wildman–Crippen MR) is 112 cm³/mol. The lowest BCUT2D eigenvalue weighted by molar-refractivity contribution is -0.119. The van der Waals surface area contributed by atoms with Crippen LogP contribution in [0, 0.1) is 5.82 Å². The molecule has 0 unspecified atom stereocenters. The number of carbonyl (C=O) groups is 2. The van der Waals surface area contributed by atoms with Crippen LogP contribution >= 0.6 is 0 Å². The van der Waals surface area contributed by atoms with Crippen LogP contribution in [0.1, 0.15) is 10.4 Å². The van der Waals surface area contributed by atoms with Crippen LogP contribution in [0.2, 0.25) is 0 Å². The highest BCUT2D eigenvalue weighted by Gasteiger charge is 2.28. The van der Waals surface area contributed by atoms with Crippen molar-refractivity contribution in [3.63, 3.8) is 0 Å². The standard InChI is InChI=1S/C21H21FN2O8S/c22-17-3-2-15(33(27,28)24-5-7-29-8-6-24)12-16(17)21(26)32-13-20(25)23-14-1-4-18-19(11-14)31-10-9-30-18/h1-4,11-12H,5-10,13H2,(H,23,25). The quantitative estimate of drug-likeness (QED) is 0.617. The molecule has 0 aliphatic carbocycles. The Morgan fingerprint density at radius 1 is 1.00 bits per heavy atom. The van der Waals surface area contributed by atoms with Crippen LogP contribution in [0.15, 0.2) is 41.3 Å². The fourth-order valence-corrected chi connectivity index (χ4v) is 4.72. The van der Waals surface area contributed by atoms with Crippen LogP contribution in [-0.4, -0.2) is 70.7 Å². The number of nitrogens with one attached hydrogen (secondary N) is 1. The average molecular weight is 480 g/mol. The van der Waals surface area contributed by atoms with Gasteiger partial charge in [-0.15, -0.1) is 0 Å². The number of halogens is 1. The van der Waals surface area contributed by atoms with Crippen molar-refractivity contribution < 1.29 is 41.3 Å². The number of anilines is 1. The van der Waals surface area contributed by atoms with E-state index in [2.05, 4.69) is 5.32 Å². The van der Waals surface area contributed by atoms with Crippen molar-refractivity contribution in [1.82, 2.24) is 4.31 Å². The third-order valence-electron chi connectivity index (χ3n) is 4.93. The number of amides is 1. The number of sulfonamides is 1. The van der Waals surface area contributed by atoms with Crippen LogP contribution in [0.3, 0.4) is 0 Å². The predicted octanol–water partition coefficient (Wildman–Crippen LogP) is 1.41. The number of rotatable bonds is 6. The maximum atomic E-state index is 14.2. The van der Waals surface area contributed by atoms with Gasteiger partial charge in [0.25, 0.3) is 5.91 Å². The molecule has 176 valence electrons. The Morgan fingerprint density at radius 3 is 2.48 bits per heavy atom. The Kier molecular flexibility index (Phi) is 6.77. The first kappa shape index (κ1) is 23.0. The molecule has 12 heteroatoms. The van der Waals surface area contributed by atoms with Crippen molar-refractivity contribution in [2.75, 3.05) is 51.4 Å². The summed E-state index contributed by atoms with van der Waals surface area (Å²) < 4.78 is 61.8. The molecule has 0 bridgehead atoms. The van der Waals surface area contributed by atoms with E-state index in [1.165, 1.54) is 4.31 Å². The van der Waals surface area contributed by atoms with Gasteiger partial charge in [0.15, 0.2) is 18.1 Å². The monoisotopic (exact) mass is 480 g/mol. The highest BCUT2D eigenvalue weighted by molar-refractivity contribution is 7.89. The van der Waals surface area contributed by atoms with Crippen LogP contribution < -0.4 is 14.8 Å². The lowest BCUT2D eigenvalue weighted by Gasteiger charge is -2.26. The summed E-state index contributed by atoms with van der Waals surface area (Å²) in [5.74, 6) is -1.78. The van der Waals surface area contributed by atoms with Gasteiger partial charge in [-0.05, 0) is 30.3 Å². The fourth-order valence-electron chi connectivity index (χ4n) is 3.28. The maximum Gasteiger partial charge on any atom is 0.341 e. The molecular weight excluding hydrogens is 459 g/mol. The summed E-state index contributed by atoms with van der Waals surface area (Å²) in [6.07, 6.45) is 0. The first-order valence-electron chi connectivity index (χ1n) is 10.1. The largest absolute Gasteiger partial charge is 0.486 e. The van der Waals surface area contributed by atoms with E-state index in [0.717, 1.165) is 18.2 Å². The number of morpholine rings is 1. The zero-order valence-electron chi connectivity index (χ0n) is 17.4. The number of benzene rings is 2. The molecular formula is C21H21FN2O8S. The highest BCUT2D eigenvalue weighted by atomic mass is 32.2. The molecule has 1 N–H and O–H groups in total. The minimum absolute atomic E-state index is 0.152. The Bertz CT molecular complexity index is 1160. The number of hydrogen-bond donors (Lipinski definition) is 1. The lowest BCUT2D eigenvalue weighted by atomic mass is 10.2. The number of carbonyl (C=O) groups excluding carboxylic acids is 2. The summed E-state index contributed by atoms with van der Waals surface area (Å²) in [5.41, 5.74) is -0.193. The minimum atomic E-state index is -3.94.